The van der Waals surface area contributed by atoms with Gasteiger partial charge in [0, 0.05) is 0 Å². The number of hydrazine groups is 1. The Bertz CT molecular complexity index is 870. The van der Waals surface area contributed by atoms with Crippen LogP contribution in [0, 0.1) is 17.5 Å². The van der Waals surface area contributed by atoms with Crippen LogP contribution in [0.2, 0.25) is 0 Å². The Morgan fingerprint density at radius 3 is 2.16 bits per heavy atom. The summed E-state index contributed by atoms with van der Waals surface area (Å²) in [6.07, 6.45) is -1.29. The summed E-state index contributed by atoms with van der Waals surface area (Å²) < 4.78 is 69.4. The molecule has 0 aliphatic rings. The molecule has 0 aliphatic heterocycles. The van der Waals surface area contributed by atoms with Gasteiger partial charge < -0.3 is 4.74 Å². The van der Waals surface area contributed by atoms with Crippen LogP contribution in [0.25, 0.3) is 0 Å². The molecule has 0 aromatic heterocycles. The zero-order valence-corrected chi connectivity index (χ0v) is 13.6. The van der Waals surface area contributed by atoms with Crippen LogP contribution in [0.4, 0.5) is 13.2 Å². The van der Waals surface area contributed by atoms with Crippen LogP contribution < -0.4 is 15.0 Å². The van der Waals surface area contributed by atoms with Crippen LogP contribution in [0.5, 0.6) is 5.75 Å². The molecule has 0 fully saturated rings. The van der Waals surface area contributed by atoms with Gasteiger partial charge in [-0.25, -0.2) is 21.6 Å². The van der Waals surface area contributed by atoms with Crippen molar-refractivity contribution in [2.75, 3.05) is 0 Å². The van der Waals surface area contributed by atoms with Crippen molar-refractivity contribution in [2.45, 2.75) is 17.9 Å². The zero-order valence-electron chi connectivity index (χ0n) is 12.8. The fourth-order valence-electron chi connectivity index (χ4n) is 1.79. The number of ether oxygens (including phenoxy) is 1. The Balaban J connectivity index is 2.05. The lowest BCUT2D eigenvalue weighted by molar-refractivity contribution is -0.127. The van der Waals surface area contributed by atoms with E-state index in [4.69, 9.17) is 4.74 Å². The smallest absolute Gasteiger partial charge is 0.275 e. The lowest BCUT2D eigenvalue weighted by Gasteiger charge is -2.16. The average Bonchev–Trinajstić information content (AvgIpc) is 2.54. The maximum atomic E-state index is 13.5. The summed E-state index contributed by atoms with van der Waals surface area (Å²) in [5.41, 5.74) is 1.76. The molecule has 2 aromatic rings. The number of carbonyl (C=O) groups excluding carboxylic acids is 1. The lowest BCUT2D eigenvalue weighted by Crippen LogP contribution is -2.47. The lowest BCUT2D eigenvalue weighted by atomic mass is 10.3. The Morgan fingerprint density at radius 2 is 1.56 bits per heavy atom. The van der Waals surface area contributed by atoms with E-state index in [1.165, 1.54) is 25.1 Å². The highest BCUT2D eigenvalue weighted by atomic mass is 32.2. The van der Waals surface area contributed by atoms with Gasteiger partial charge in [-0.1, -0.05) is 18.2 Å². The van der Waals surface area contributed by atoms with Crippen LogP contribution in [-0.2, 0) is 14.8 Å². The standard InChI is InChI=1S/C15H13F3N2O4S/c1-9(24-13-8-3-2-5-10(13)16)15(21)19-20-25(22,23)14-11(17)6-4-7-12(14)18/h2-9,20H,1H3,(H,19,21)/t9-/m0/s1. The Labute approximate surface area is 141 Å². The molecule has 10 heteroatoms. The van der Waals surface area contributed by atoms with Crippen LogP contribution >= 0.6 is 0 Å². The molecule has 1 amide bonds. The quantitative estimate of drug-likeness (QED) is 0.757. The number of rotatable bonds is 6. The van der Waals surface area contributed by atoms with Crippen molar-refractivity contribution in [3.8, 4) is 5.75 Å². The van der Waals surface area contributed by atoms with Gasteiger partial charge in [0.15, 0.2) is 22.6 Å². The van der Waals surface area contributed by atoms with Crippen molar-refractivity contribution < 1.29 is 31.1 Å². The highest BCUT2D eigenvalue weighted by Gasteiger charge is 2.25. The van der Waals surface area contributed by atoms with E-state index < -0.39 is 44.4 Å². The van der Waals surface area contributed by atoms with Crippen molar-refractivity contribution in [3.63, 3.8) is 0 Å². The minimum Gasteiger partial charge on any atom is -0.478 e. The van der Waals surface area contributed by atoms with Crippen molar-refractivity contribution in [2.24, 2.45) is 0 Å². The number of nitrogens with one attached hydrogen (secondary N) is 2. The summed E-state index contributed by atoms with van der Waals surface area (Å²) in [7, 11) is -4.69. The summed E-state index contributed by atoms with van der Waals surface area (Å²) in [6, 6.07) is 7.79. The third kappa shape index (κ3) is 4.48. The highest BCUT2D eigenvalue weighted by molar-refractivity contribution is 7.89. The fourth-order valence-corrected chi connectivity index (χ4v) is 2.78. The van der Waals surface area contributed by atoms with E-state index in [0.717, 1.165) is 24.3 Å². The maximum Gasteiger partial charge on any atom is 0.275 e. The first-order valence-electron chi connectivity index (χ1n) is 6.89. The maximum absolute atomic E-state index is 13.5. The summed E-state index contributed by atoms with van der Waals surface area (Å²) in [4.78, 5) is 12.2. The van der Waals surface area contributed by atoms with E-state index in [0.29, 0.717) is 0 Å². The fraction of sp³-hybridized carbons (Fsp3) is 0.133. The zero-order chi connectivity index (χ0) is 18.6. The molecule has 1 atom stereocenters. The first-order chi connectivity index (χ1) is 11.7. The van der Waals surface area contributed by atoms with Gasteiger partial charge in [-0.05, 0) is 31.2 Å². The molecule has 2 N–H and O–H groups in total. The van der Waals surface area contributed by atoms with Crippen LogP contribution in [0.3, 0.4) is 0 Å². The molecular formula is C15H13F3N2O4S. The van der Waals surface area contributed by atoms with E-state index in [-0.39, 0.29) is 5.75 Å². The molecule has 0 aliphatic carbocycles. The number of hydrogen-bond donors (Lipinski definition) is 2. The predicted molar refractivity (Wildman–Crippen MR) is 81.3 cm³/mol. The van der Waals surface area contributed by atoms with Crippen molar-refractivity contribution in [1.82, 2.24) is 10.3 Å². The molecule has 2 rings (SSSR count). The molecule has 0 spiro atoms. The second kappa shape index (κ2) is 7.53. The molecule has 0 saturated carbocycles. The molecule has 0 saturated heterocycles. The predicted octanol–water partition coefficient (Wildman–Crippen LogP) is 1.88. The second-order valence-corrected chi connectivity index (χ2v) is 6.46. The van der Waals surface area contributed by atoms with Gasteiger partial charge >= 0.3 is 0 Å². The van der Waals surface area contributed by atoms with Crippen LogP contribution in [0.15, 0.2) is 47.4 Å². The van der Waals surface area contributed by atoms with Gasteiger partial charge in [-0.3, -0.25) is 10.2 Å². The van der Waals surface area contributed by atoms with Gasteiger partial charge in [0.2, 0.25) is 0 Å². The van der Waals surface area contributed by atoms with Crippen LogP contribution in [0.1, 0.15) is 6.92 Å². The highest BCUT2D eigenvalue weighted by Crippen LogP contribution is 2.18. The number of hydrogen-bond acceptors (Lipinski definition) is 4. The van der Waals surface area contributed by atoms with Gasteiger partial charge in [-0.2, -0.15) is 0 Å². The van der Waals surface area contributed by atoms with Crippen LogP contribution in [-0.4, -0.2) is 20.4 Å². The number of benzene rings is 2. The Morgan fingerprint density at radius 1 is 1.00 bits per heavy atom. The number of para-hydroxylation sites is 1. The average molecular weight is 374 g/mol. The molecule has 6 nitrogen and oxygen atoms in total. The summed E-state index contributed by atoms with van der Waals surface area (Å²) >= 11 is 0. The third-order valence-electron chi connectivity index (χ3n) is 3.01. The minimum atomic E-state index is -4.69. The number of carbonyl (C=O) groups is 1. The normalized spacial score (nSPS) is 12.5. The van der Waals surface area contributed by atoms with E-state index in [2.05, 4.69) is 0 Å². The van der Waals surface area contributed by atoms with Gasteiger partial charge in [0.05, 0.1) is 0 Å². The first-order valence-corrected chi connectivity index (χ1v) is 8.37. The van der Waals surface area contributed by atoms with E-state index in [1.54, 1.807) is 10.3 Å². The monoisotopic (exact) mass is 374 g/mol. The summed E-state index contributed by atoms with van der Waals surface area (Å²) in [5, 5.41) is 0. The van der Waals surface area contributed by atoms with E-state index in [1.807, 2.05) is 0 Å². The largest absolute Gasteiger partial charge is 0.478 e. The van der Waals surface area contributed by atoms with Gasteiger partial charge in [0.1, 0.15) is 11.6 Å². The number of amides is 1. The van der Waals surface area contributed by atoms with Crippen molar-refractivity contribution in [1.29, 1.82) is 0 Å². The summed E-state index contributed by atoms with van der Waals surface area (Å²) in [6.45, 7) is 1.24. The molecule has 0 radical (unpaired) electrons. The van der Waals surface area contributed by atoms with Crippen molar-refractivity contribution in [3.05, 3.63) is 59.9 Å². The first kappa shape index (κ1) is 18.7. The minimum absolute atomic E-state index is 0.215. The molecule has 0 unspecified atom stereocenters. The molecule has 2 aromatic carbocycles. The molecular weight excluding hydrogens is 361 g/mol. The molecule has 0 bridgehead atoms. The van der Waals surface area contributed by atoms with E-state index >= 15 is 0 Å². The second-order valence-electron chi connectivity index (χ2n) is 4.84. The third-order valence-corrected chi connectivity index (χ3v) is 4.30. The Kier molecular flexibility index (Phi) is 5.65. The Hall–Kier alpha value is -2.59. The SMILES string of the molecule is C[C@H](Oc1ccccc1F)C(=O)NNS(=O)(=O)c1c(F)cccc1F. The van der Waals surface area contributed by atoms with Crippen molar-refractivity contribution >= 4 is 15.9 Å². The molecule has 134 valence electrons. The van der Waals surface area contributed by atoms with E-state index in [9.17, 15) is 26.4 Å². The molecule has 0 heterocycles. The number of halogens is 3. The molecule has 25 heavy (non-hydrogen) atoms. The van der Waals surface area contributed by atoms with Gasteiger partial charge in [-0.15, -0.1) is 4.83 Å². The summed E-state index contributed by atoms with van der Waals surface area (Å²) in [5.74, 6) is -4.57. The van der Waals surface area contributed by atoms with Gasteiger partial charge in [0.25, 0.3) is 15.9 Å². The topological polar surface area (TPSA) is 84.5 Å². The number of sulfonamides is 1.